The zero-order chi connectivity index (χ0) is 9.68. The molecule has 0 unspecified atom stereocenters. The third kappa shape index (κ3) is 2.53. The van der Waals surface area contributed by atoms with Gasteiger partial charge in [-0.1, -0.05) is 18.2 Å². The summed E-state index contributed by atoms with van der Waals surface area (Å²) < 4.78 is 0. The molecule has 0 aromatic heterocycles. The predicted octanol–water partition coefficient (Wildman–Crippen LogP) is 1.70. The van der Waals surface area contributed by atoms with Crippen LogP contribution >= 0.6 is 0 Å². The monoisotopic (exact) mass is 176 g/mol. The largest absolute Gasteiger partial charge is 0.392 e. The van der Waals surface area contributed by atoms with Crippen LogP contribution in [-0.4, -0.2) is 11.4 Å². The average molecular weight is 176 g/mol. The minimum Gasteiger partial charge on any atom is -0.392 e. The Balaban J connectivity index is 2.99. The van der Waals surface area contributed by atoms with Crippen LogP contribution in [0.3, 0.4) is 0 Å². The van der Waals surface area contributed by atoms with E-state index in [-0.39, 0.29) is 6.61 Å². The molecule has 0 amide bonds. The Kier molecular flexibility index (Phi) is 3.41. The second-order valence-electron chi connectivity index (χ2n) is 2.84. The third-order valence-electron chi connectivity index (χ3n) is 1.91. The third-order valence-corrected chi connectivity index (χ3v) is 1.91. The summed E-state index contributed by atoms with van der Waals surface area (Å²) in [6.45, 7) is 1.98. The van der Waals surface area contributed by atoms with E-state index in [9.17, 15) is 4.79 Å². The van der Waals surface area contributed by atoms with E-state index in [1.165, 1.54) is 6.08 Å². The lowest BCUT2D eigenvalue weighted by Crippen LogP contribution is -1.88. The highest BCUT2D eigenvalue weighted by atomic mass is 16.3. The van der Waals surface area contributed by atoms with Gasteiger partial charge in [0, 0.05) is 0 Å². The van der Waals surface area contributed by atoms with Gasteiger partial charge in [-0.2, -0.15) is 0 Å². The van der Waals surface area contributed by atoms with Gasteiger partial charge in [0.15, 0.2) is 0 Å². The van der Waals surface area contributed by atoms with Crippen molar-refractivity contribution in [3.05, 3.63) is 41.0 Å². The summed E-state index contributed by atoms with van der Waals surface area (Å²) in [5, 5.41) is 8.97. The fraction of sp³-hybridized carbons (Fsp3) is 0.182. The Labute approximate surface area is 77.5 Å². The molecule has 1 rings (SSSR count). The van der Waals surface area contributed by atoms with Crippen molar-refractivity contribution in [3.63, 3.8) is 0 Å². The fourth-order valence-corrected chi connectivity index (χ4v) is 1.12. The van der Waals surface area contributed by atoms with Crippen LogP contribution in [-0.2, 0) is 11.4 Å². The summed E-state index contributed by atoms with van der Waals surface area (Å²) in [6.07, 6.45) is 3.88. The van der Waals surface area contributed by atoms with Gasteiger partial charge in [0.1, 0.15) is 6.29 Å². The van der Waals surface area contributed by atoms with E-state index in [2.05, 4.69) is 0 Å². The lowest BCUT2D eigenvalue weighted by Gasteiger charge is -2.02. The first kappa shape index (κ1) is 9.68. The maximum absolute atomic E-state index is 10.1. The molecule has 0 bridgehead atoms. The Morgan fingerprint density at radius 1 is 1.46 bits per heavy atom. The number of hydrogen-bond donors (Lipinski definition) is 1. The Morgan fingerprint density at radius 3 is 2.85 bits per heavy atom. The van der Waals surface area contributed by atoms with Crippen LogP contribution in [0.4, 0.5) is 0 Å². The predicted molar refractivity (Wildman–Crippen MR) is 52.2 cm³/mol. The van der Waals surface area contributed by atoms with E-state index in [0.717, 1.165) is 23.0 Å². The second-order valence-corrected chi connectivity index (χ2v) is 2.84. The molecule has 68 valence electrons. The first-order valence-electron chi connectivity index (χ1n) is 4.10. The van der Waals surface area contributed by atoms with Crippen LogP contribution in [0.2, 0.25) is 0 Å². The molecular weight excluding hydrogens is 164 g/mol. The number of carbonyl (C=O) groups is 1. The first-order valence-corrected chi connectivity index (χ1v) is 4.10. The lowest BCUT2D eigenvalue weighted by molar-refractivity contribution is -0.104. The van der Waals surface area contributed by atoms with Crippen LogP contribution in [0.1, 0.15) is 16.7 Å². The van der Waals surface area contributed by atoms with Crippen LogP contribution in [0.15, 0.2) is 24.3 Å². The molecule has 0 aliphatic heterocycles. The van der Waals surface area contributed by atoms with Gasteiger partial charge in [0.05, 0.1) is 6.61 Å². The van der Waals surface area contributed by atoms with E-state index in [1.54, 1.807) is 6.08 Å². The summed E-state index contributed by atoms with van der Waals surface area (Å²) in [5.74, 6) is 0. The Hall–Kier alpha value is -1.41. The normalized spacial score (nSPS) is 10.6. The van der Waals surface area contributed by atoms with E-state index in [1.807, 2.05) is 25.1 Å². The van der Waals surface area contributed by atoms with Crippen molar-refractivity contribution in [1.82, 2.24) is 0 Å². The summed E-state index contributed by atoms with van der Waals surface area (Å²) >= 11 is 0. The van der Waals surface area contributed by atoms with Crippen molar-refractivity contribution in [3.8, 4) is 0 Å². The Bertz CT molecular complexity index is 327. The molecule has 13 heavy (non-hydrogen) atoms. The van der Waals surface area contributed by atoms with Crippen LogP contribution in [0.25, 0.3) is 6.08 Å². The number of aryl methyl sites for hydroxylation is 1. The number of aliphatic hydroxyl groups is 1. The molecule has 2 nitrogen and oxygen atoms in total. The number of aldehydes is 1. The number of aliphatic hydroxyl groups excluding tert-OH is 1. The highest BCUT2D eigenvalue weighted by Gasteiger charge is 1.96. The van der Waals surface area contributed by atoms with Crippen LogP contribution in [0.5, 0.6) is 0 Å². The van der Waals surface area contributed by atoms with Gasteiger partial charge in [-0.05, 0) is 35.8 Å². The standard InChI is InChI=1S/C11H12O2/c1-9-4-5-10(3-2-6-12)7-11(9)8-13/h2-7,13H,8H2,1H3. The molecule has 2 heteroatoms. The zero-order valence-electron chi connectivity index (χ0n) is 7.53. The van der Waals surface area contributed by atoms with Gasteiger partial charge < -0.3 is 5.11 Å². The molecule has 0 atom stereocenters. The minimum absolute atomic E-state index is 0.0363. The lowest BCUT2D eigenvalue weighted by atomic mass is 10.1. The Morgan fingerprint density at radius 2 is 2.23 bits per heavy atom. The highest BCUT2D eigenvalue weighted by Crippen LogP contribution is 2.12. The quantitative estimate of drug-likeness (QED) is 0.562. The van der Waals surface area contributed by atoms with Crippen molar-refractivity contribution in [2.24, 2.45) is 0 Å². The highest BCUT2D eigenvalue weighted by molar-refractivity contribution is 5.73. The number of rotatable bonds is 3. The molecule has 0 heterocycles. The summed E-state index contributed by atoms with van der Waals surface area (Å²) in [5.41, 5.74) is 2.89. The minimum atomic E-state index is 0.0363. The van der Waals surface area contributed by atoms with Crippen molar-refractivity contribution >= 4 is 12.4 Å². The van der Waals surface area contributed by atoms with E-state index in [0.29, 0.717) is 0 Å². The molecule has 0 aliphatic carbocycles. The molecule has 0 spiro atoms. The maximum atomic E-state index is 10.1. The number of carbonyl (C=O) groups excluding carboxylic acids is 1. The van der Waals surface area contributed by atoms with Gasteiger partial charge in [0.2, 0.25) is 0 Å². The van der Waals surface area contributed by atoms with E-state index < -0.39 is 0 Å². The fourth-order valence-electron chi connectivity index (χ4n) is 1.12. The maximum Gasteiger partial charge on any atom is 0.142 e. The van der Waals surface area contributed by atoms with Gasteiger partial charge in [0.25, 0.3) is 0 Å². The van der Waals surface area contributed by atoms with Crippen molar-refractivity contribution in [2.75, 3.05) is 0 Å². The summed E-state index contributed by atoms with van der Waals surface area (Å²) in [7, 11) is 0. The number of benzene rings is 1. The van der Waals surface area contributed by atoms with Gasteiger partial charge in [-0.3, -0.25) is 4.79 Å². The SMILES string of the molecule is Cc1ccc(C=CC=O)cc1CO. The van der Waals surface area contributed by atoms with Crippen molar-refractivity contribution in [1.29, 1.82) is 0 Å². The molecule has 1 N–H and O–H groups in total. The van der Waals surface area contributed by atoms with E-state index >= 15 is 0 Å². The molecule has 0 fully saturated rings. The average Bonchev–Trinajstić information content (AvgIpc) is 2.16. The second kappa shape index (κ2) is 4.58. The first-order chi connectivity index (χ1) is 6.27. The molecule has 1 aromatic rings. The molecule has 0 saturated heterocycles. The molecule has 0 aliphatic rings. The molecular formula is C11H12O2. The number of hydrogen-bond acceptors (Lipinski definition) is 2. The smallest absolute Gasteiger partial charge is 0.142 e. The van der Waals surface area contributed by atoms with Crippen molar-refractivity contribution in [2.45, 2.75) is 13.5 Å². The molecule has 0 saturated carbocycles. The number of allylic oxidation sites excluding steroid dienone is 1. The van der Waals surface area contributed by atoms with Crippen molar-refractivity contribution < 1.29 is 9.90 Å². The van der Waals surface area contributed by atoms with Gasteiger partial charge in [-0.25, -0.2) is 0 Å². The van der Waals surface area contributed by atoms with Crippen LogP contribution in [0, 0.1) is 6.92 Å². The molecule has 0 radical (unpaired) electrons. The topological polar surface area (TPSA) is 37.3 Å². The van der Waals surface area contributed by atoms with Crippen LogP contribution < -0.4 is 0 Å². The van der Waals surface area contributed by atoms with E-state index in [4.69, 9.17) is 5.11 Å². The summed E-state index contributed by atoms with van der Waals surface area (Å²) in [6, 6.07) is 5.71. The molecule has 1 aromatic carbocycles. The summed E-state index contributed by atoms with van der Waals surface area (Å²) in [4.78, 5) is 10.1. The van der Waals surface area contributed by atoms with Gasteiger partial charge in [-0.15, -0.1) is 0 Å². The van der Waals surface area contributed by atoms with Gasteiger partial charge >= 0.3 is 0 Å². The zero-order valence-corrected chi connectivity index (χ0v) is 7.53.